The molecule has 2 N–H and O–H groups in total. The highest BCUT2D eigenvalue weighted by Crippen LogP contribution is 2.21. The van der Waals surface area contributed by atoms with Crippen molar-refractivity contribution in [2.75, 3.05) is 6.61 Å². The van der Waals surface area contributed by atoms with Gasteiger partial charge < -0.3 is 10.5 Å². The Morgan fingerprint density at radius 3 is 2.89 bits per heavy atom. The predicted molar refractivity (Wildman–Crippen MR) is 60.7 cm³/mol. The minimum absolute atomic E-state index is 0.0759. The molecule has 0 saturated heterocycles. The largest absolute Gasteiger partial charge is 0.459 e. The number of carbonyl (C=O) groups excluding carboxylic acids is 1. The number of benzene rings is 1. The molecule has 1 heterocycles. The Balaban J connectivity index is 2.39. The minimum atomic E-state index is -2.56. The summed E-state index contributed by atoms with van der Waals surface area (Å²) in [6, 6.07) is 4.75. The summed E-state index contributed by atoms with van der Waals surface area (Å²) in [5.74, 6) is -0.572. The van der Waals surface area contributed by atoms with Crippen LogP contribution in [0.4, 0.5) is 8.78 Å². The van der Waals surface area contributed by atoms with Crippen LogP contribution >= 0.6 is 0 Å². The van der Waals surface area contributed by atoms with Crippen molar-refractivity contribution in [2.45, 2.75) is 6.43 Å². The Bertz CT molecular complexity index is 595. The number of carbonyl (C=O) groups is 1. The molecule has 7 heteroatoms. The van der Waals surface area contributed by atoms with E-state index in [1.54, 1.807) is 19.2 Å². The molecule has 5 nitrogen and oxygen atoms in total. The van der Waals surface area contributed by atoms with Gasteiger partial charge in [0, 0.05) is 12.6 Å². The molecule has 1 amide bonds. The van der Waals surface area contributed by atoms with Gasteiger partial charge in [-0.1, -0.05) is 0 Å². The molecule has 1 aromatic carbocycles. The maximum atomic E-state index is 12.1. The number of imidazole rings is 1. The lowest BCUT2D eigenvalue weighted by Gasteiger charge is -2.04. The minimum Gasteiger partial charge on any atom is -0.459 e. The van der Waals surface area contributed by atoms with E-state index in [0.717, 1.165) is 0 Å². The number of rotatable bonds is 4. The number of fused-ring (bicyclic) bond motifs is 1. The first kappa shape index (κ1) is 12.3. The molecular formula is C11H11F2N3O2. The normalized spacial score (nSPS) is 11.1. The zero-order valence-electron chi connectivity index (χ0n) is 9.56. The van der Waals surface area contributed by atoms with Crippen molar-refractivity contribution in [3.8, 4) is 6.01 Å². The van der Waals surface area contributed by atoms with E-state index < -0.39 is 18.9 Å². The smallest absolute Gasteiger partial charge is 0.297 e. The molecule has 0 atom stereocenters. The second-order valence-corrected chi connectivity index (χ2v) is 3.72. The molecule has 0 radical (unpaired) electrons. The van der Waals surface area contributed by atoms with E-state index in [-0.39, 0.29) is 6.01 Å². The van der Waals surface area contributed by atoms with Crippen LogP contribution in [0.3, 0.4) is 0 Å². The summed E-state index contributed by atoms with van der Waals surface area (Å²) in [7, 11) is 1.64. The summed E-state index contributed by atoms with van der Waals surface area (Å²) < 4.78 is 30.5. The van der Waals surface area contributed by atoms with Crippen molar-refractivity contribution in [2.24, 2.45) is 12.8 Å². The highest BCUT2D eigenvalue weighted by atomic mass is 19.3. The summed E-state index contributed by atoms with van der Waals surface area (Å²) in [6.45, 7) is -0.722. The Morgan fingerprint density at radius 2 is 2.28 bits per heavy atom. The summed E-state index contributed by atoms with van der Waals surface area (Å²) in [4.78, 5) is 15.0. The van der Waals surface area contributed by atoms with Gasteiger partial charge in [0.05, 0.1) is 11.0 Å². The number of hydrogen-bond acceptors (Lipinski definition) is 3. The third kappa shape index (κ3) is 2.24. The molecule has 0 saturated carbocycles. The Morgan fingerprint density at radius 1 is 1.56 bits per heavy atom. The predicted octanol–water partition coefficient (Wildman–Crippen LogP) is 1.32. The van der Waals surface area contributed by atoms with Gasteiger partial charge in [-0.05, 0) is 18.2 Å². The number of aromatic nitrogens is 2. The van der Waals surface area contributed by atoms with Gasteiger partial charge in [-0.3, -0.25) is 9.36 Å². The lowest BCUT2D eigenvalue weighted by molar-refractivity contribution is 0.0758. The first-order valence-corrected chi connectivity index (χ1v) is 5.16. The van der Waals surface area contributed by atoms with Gasteiger partial charge >= 0.3 is 0 Å². The average Bonchev–Trinajstić information content (AvgIpc) is 2.63. The number of ether oxygens (including phenoxy) is 1. The van der Waals surface area contributed by atoms with Crippen LogP contribution in [-0.2, 0) is 7.05 Å². The Kier molecular flexibility index (Phi) is 3.14. The first-order valence-electron chi connectivity index (χ1n) is 5.16. The van der Waals surface area contributed by atoms with Crippen molar-refractivity contribution < 1.29 is 18.3 Å². The van der Waals surface area contributed by atoms with E-state index in [9.17, 15) is 13.6 Å². The molecule has 0 aliphatic carbocycles. The molecule has 0 unspecified atom stereocenters. The second kappa shape index (κ2) is 4.59. The third-order valence-corrected chi connectivity index (χ3v) is 2.46. The van der Waals surface area contributed by atoms with E-state index in [2.05, 4.69) is 4.98 Å². The molecule has 0 bridgehead atoms. The van der Waals surface area contributed by atoms with Crippen LogP contribution in [0.25, 0.3) is 11.0 Å². The number of alkyl halides is 2. The first-order chi connectivity index (χ1) is 8.49. The molecule has 18 heavy (non-hydrogen) atoms. The van der Waals surface area contributed by atoms with E-state index in [1.807, 2.05) is 0 Å². The van der Waals surface area contributed by atoms with Crippen molar-refractivity contribution in [3.05, 3.63) is 23.8 Å². The lowest BCUT2D eigenvalue weighted by Crippen LogP contribution is -2.10. The van der Waals surface area contributed by atoms with Gasteiger partial charge in [0.15, 0.2) is 6.61 Å². The van der Waals surface area contributed by atoms with E-state index >= 15 is 0 Å². The quantitative estimate of drug-likeness (QED) is 0.895. The van der Waals surface area contributed by atoms with Crippen molar-refractivity contribution >= 4 is 16.9 Å². The van der Waals surface area contributed by atoms with Gasteiger partial charge in [0.1, 0.15) is 0 Å². The molecule has 0 spiro atoms. The number of nitrogens with two attached hydrogens (primary N) is 1. The van der Waals surface area contributed by atoms with Crippen LogP contribution in [0.5, 0.6) is 6.01 Å². The molecule has 0 aliphatic heterocycles. The third-order valence-electron chi connectivity index (χ3n) is 2.46. The van der Waals surface area contributed by atoms with E-state index in [1.165, 1.54) is 10.6 Å². The highest BCUT2D eigenvalue weighted by molar-refractivity contribution is 5.96. The fraction of sp³-hybridized carbons (Fsp3) is 0.273. The monoisotopic (exact) mass is 255 g/mol. The Labute approximate surface area is 101 Å². The zero-order chi connectivity index (χ0) is 13.3. The topological polar surface area (TPSA) is 70.1 Å². The summed E-state index contributed by atoms with van der Waals surface area (Å²) in [6.07, 6.45) is -2.56. The van der Waals surface area contributed by atoms with Gasteiger partial charge in [-0.15, -0.1) is 0 Å². The molecular weight excluding hydrogens is 244 g/mol. The number of nitrogens with zero attached hydrogens (tertiary/aromatic N) is 2. The van der Waals surface area contributed by atoms with E-state index in [0.29, 0.717) is 16.6 Å². The van der Waals surface area contributed by atoms with Crippen LogP contribution in [0.15, 0.2) is 18.2 Å². The average molecular weight is 255 g/mol. The van der Waals surface area contributed by atoms with Crippen LogP contribution in [0.1, 0.15) is 10.4 Å². The van der Waals surface area contributed by atoms with Crippen molar-refractivity contribution in [1.82, 2.24) is 9.55 Å². The second-order valence-electron chi connectivity index (χ2n) is 3.72. The van der Waals surface area contributed by atoms with Gasteiger partial charge in [0.25, 0.3) is 12.4 Å². The summed E-state index contributed by atoms with van der Waals surface area (Å²) in [5, 5.41) is 0. The molecule has 0 fully saturated rings. The number of hydrogen-bond donors (Lipinski definition) is 1. The zero-order valence-corrected chi connectivity index (χ0v) is 9.56. The molecule has 2 rings (SSSR count). The number of halogens is 2. The summed E-state index contributed by atoms with van der Waals surface area (Å²) in [5.41, 5.74) is 6.59. The van der Waals surface area contributed by atoms with Crippen LogP contribution in [0.2, 0.25) is 0 Å². The van der Waals surface area contributed by atoms with Crippen LogP contribution < -0.4 is 10.5 Å². The fourth-order valence-electron chi connectivity index (χ4n) is 1.60. The van der Waals surface area contributed by atoms with Crippen molar-refractivity contribution in [1.29, 1.82) is 0 Å². The van der Waals surface area contributed by atoms with Gasteiger partial charge in [-0.2, -0.15) is 4.98 Å². The summed E-state index contributed by atoms with van der Waals surface area (Å²) >= 11 is 0. The maximum absolute atomic E-state index is 12.1. The molecule has 0 aliphatic rings. The van der Waals surface area contributed by atoms with Crippen LogP contribution in [0, 0.1) is 0 Å². The molecule has 96 valence electrons. The highest BCUT2D eigenvalue weighted by Gasteiger charge is 2.12. The van der Waals surface area contributed by atoms with Crippen LogP contribution in [-0.4, -0.2) is 28.5 Å². The van der Waals surface area contributed by atoms with E-state index in [4.69, 9.17) is 10.5 Å². The standard InChI is InChI=1S/C11H11F2N3O2/c1-16-8-3-2-6(10(14)17)4-7(8)15-11(16)18-5-9(12)13/h2-4,9H,5H2,1H3,(H2,14,17). The van der Waals surface area contributed by atoms with Gasteiger partial charge in [-0.25, -0.2) is 8.78 Å². The SMILES string of the molecule is Cn1c(OCC(F)F)nc2cc(C(N)=O)ccc21. The molecule has 1 aromatic heterocycles. The Hall–Kier alpha value is -2.18. The maximum Gasteiger partial charge on any atom is 0.297 e. The number of amides is 1. The van der Waals surface area contributed by atoms with Crippen molar-refractivity contribution in [3.63, 3.8) is 0 Å². The lowest BCUT2D eigenvalue weighted by atomic mass is 10.2. The number of primary amides is 1. The van der Waals surface area contributed by atoms with Gasteiger partial charge in [0.2, 0.25) is 5.91 Å². The number of aryl methyl sites for hydroxylation is 1. The fourth-order valence-corrected chi connectivity index (χ4v) is 1.60. The molecule has 2 aromatic rings.